The van der Waals surface area contributed by atoms with E-state index >= 15 is 0 Å². The van der Waals surface area contributed by atoms with Crippen LogP contribution in [-0.4, -0.2) is 42.0 Å². The highest BCUT2D eigenvalue weighted by Gasteiger charge is 2.23. The largest absolute Gasteiger partial charge is 0.497 e. The Hall–Kier alpha value is -1.82. The number of aromatic nitrogens is 1. The Balaban J connectivity index is 1.73. The van der Waals surface area contributed by atoms with Gasteiger partial charge in [-0.2, -0.15) is 0 Å². The maximum atomic E-state index is 12.3. The summed E-state index contributed by atoms with van der Waals surface area (Å²) in [5.74, 6) is 0.975. The van der Waals surface area contributed by atoms with Crippen molar-refractivity contribution in [2.24, 2.45) is 0 Å². The van der Waals surface area contributed by atoms with E-state index in [-0.39, 0.29) is 11.9 Å². The number of methoxy groups -OCH3 is 1. The average molecular weight is 305 g/mol. The number of ether oxygens (including phenoxy) is 1. The van der Waals surface area contributed by atoms with Gasteiger partial charge in [0.15, 0.2) is 5.13 Å². The maximum Gasteiger partial charge on any atom is 0.244 e. The van der Waals surface area contributed by atoms with Crippen LogP contribution in [0.15, 0.2) is 18.2 Å². The molecule has 2 heterocycles. The van der Waals surface area contributed by atoms with Crippen molar-refractivity contribution in [3.63, 3.8) is 0 Å². The number of nitrogens with zero attached hydrogens (tertiary/aromatic N) is 2. The molecule has 2 aromatic rings. The molecule has 0 spiro atoms. The van der Waals surface area contributed by atoms with Crippen LogP contribution < -0.4 is 10.1 Å². The number of hydrogen-bond donors (Lipinski definition) is 1. The summed E-state index contributed by atoms with van der Waals surface area (Å²) in [6.45, 7) is 3.65. The van der Waals surface area contributed by atoms with Gasteiger partial charge in [-0.1, -0.05) is 11.3 Å². The molecular weight excluding hydrogens is 286 g/mol. The molecule has 1 aliphatic heterocycles. The summed E-state index contributed by atoms with van der Waals surface area (Å²) in [5.41, 5.74) is 0.920. The van der Waals surface area contributed by atoms with Crippen molar-refractivity contribution < 1.29 is 9.53 Å². The maximum absolute atomic E-state index is 12.3. The number of hydrogen-bond acceptors (Lipinski definition) is 5. The molecular formula is C15H19N3O2S. The van der Waals surface area contributed by atoms with Crippen LogP contribution in [-0.2, 0) is 4.79 Å². The van der Waals surface area contributed by atoms with E-state index in [1.807, 2.05) is 30.0 Å². The quantitative estimate of drug-likeness (QED) is 0.943. The summed E-state index contributed by atoms with van der Waals surface area (Å²) in [5, 5.41) is 4.00. The number of fused-ring (bicyclic) bond motifs is 1. The van der Waals surface area contributed by atoms with E-state index in [9.17, 15) is 4.79 Å². The Labute approximate surface area is 127 Å². The molecule has 0 aliphatic carbocycles. The molecule has 3 rings (SSSR count). The lowest BCUT2D eigenvalue weighted by Gasteiger charge is -2.20. The van der Waals surface area contributed by atoms with Crippen LogP contribution in [0.25, 0.3) is 10.2 Å². The lowest BCUT2D eigenvalue weighted by atomic mass is 10.3. The van der Waals surface area contributed by atoms with Gasteiger partial charge in [-0.15, -0.1) is 0 Å². The number of carbonyl (C=O) groups excluding carboxylic acids is 1. The fourth-order valence-electron chi connectivity index (χ4n) is 2.55. The van der Waals surface area contributed by atoms with Gasteiger partial charge >= 0.3 is 0 Å². The smallest absolute Gasteiger partial charge is 0.244 e. The second kappa shape index (κ2) is 5.89. The third-order valence-electron chi connectivity index (χ3n) is 3.72. The minimum absolute atomic E-state index is 0.157. The molecule has 1 unspecified atom stereocenters. The van der Waals surface area contributed by atoms with E-state index in [0.29, 0.717) is 0 Å². The molecule has 1 aliphatic rings. The first kappa shape index (κ1) is 14.1. The third-order valence-corrected chi connectivity index (χ3v) is 4.67. The number of anilines is 1. The Kier molecular flexibility index (Phi) is 3.96. The second-order valence-electron chi connectivity index (χ2n) is 5.25. The molecule has 1 fully saturated rings. The van der Waals surface area contributed by atoms with Crippen molar-refractivity contribution in [2.45, 2.75) is 25.8 Å². The monoisotopic (exact) mass is 305 g/mol. The van der Waals surface area contributed by atoms with Gasteiger partial charge < -0.3 is 15.0 Å². The molecule has 1 atom stereocenters. The van der Waals surface area contributed by atoms with Gasteiger partial charge in [0.05, 0.1) is 17.3 Å². The summed E-state index contributed by atoms with van der Waals surface area (Å²) in [6, 6.07) is 5.55. The molecule has 0 bridgehead atoms. The minimum Gasteiger partial charge on any atom is -0.497 e. The molecule has 1 saturated heterocycles. The van der Waals surface area contributed by atoms with Gasteiger partial charge in [0.1, 0.15) is 11.8 Å². The normalized spacial score (nSPS) is 16.2. The predicted molar refractivity (Wildman–Crippen MR) is 85.1 cm³/mol. The van der Waals surface area contributed by atoms with Crippen molar-refractivity contribution in [1.82, 2.24) is 9.88 Å². The van der Waals surface area contributed by atoms with Crippen LogP contribution >= 0.6 is 11.3 Å². The SMILES string of the molecule is COc1ccc2nc(NC(C)C(=O)N3CCCC3)sc2c1. The number of benzene rings is 1. The van der Waals surface area contributed by atoms with E-state index < -0.39 is 0 Å². The van der Waals surface area contributed by atoms with Crippen LogP contribution in [0.4, 0.5) is 5.13 Å². The fourth-order valence-corrected chi connectivity index (χ4v) is 3.53. The molecule has 0 saturated carbocycles. The molecule has 1 aromatic carbocycles. The van der Waals surface area contributed by atoms with Crippen LogP contribution in [0, 0.1) is 0 Å². The number of carbonyl (C=O) groups is 1. The zero-order valence-corrected chi connectivity index (χ0v) is 13.1. The number of likely N-dealkylation sites (tertiary alicyclic amines) is 1. The molecule has 1 aromatic heterocycles. The fraction of sp³-hybridized carbons (Fsp3) is 0.467. The summed E-state index contributed by atoms with van der Waals surface area (Å²) in [7, 11) is 1.65. The van der Waals surface area contributed by atoms with Crippen LogP contribution in [0.2, 0.25) is 0 Å². The number of rotatable bonds is 4. The summed E-state index contributed by atoms with van der Waals surface area (Å²) in [4.78, 5) is 18.7. The zero-order chi connectivity index (χ0) is 14.8. The summed E-state index contributed by atoms with van der Waals surface area (Å²) < 4.78 is 6.27. The molecule has 112 valence electrons. The molecule has 1 N–H and O–H groups in total. The first-order chi connectivity index (χ1) is 10.2. The van der Waals surface area contributed by atoms with Gasteiger partial charge in [0.25, 0.3) is 0 Å². The summed E-state index contributed by atoms with van der Waals surface area (Å²) in [6.07, 6.45) is 2.22. The Morgan fingerprint density at radius 3 is 2.90 bits per heavy atom. The number of thiazole rings is 1. The van der Waals surface area contributed by atoms with Crippen LogP contribution in [0.5, 0.6) is 5.75 Å². The lowest BCUT2D eigenvalue weighted by Crippen LogP contribution is -2.39. The Bertz CT molecular complexity index is 649. The lowest BCUT2D eigenvalue weighted by molar-refractivity contribution is -0.130. The van der Waals surface area contributed by atoms with E-state index in [2.05, 4.69) is 10.3 Å². The minimum atomic E-state index is -0.245. The summed E-state index contributed by atoms with van der Waals surface area (Å²) >= 11 is 1.54. The van der Waals surface area contributed by atoms with E-state index in [4.69, 9.17) is 4.74 Å². The predicted octanol–water partition coefficient (Wildman–Crippen LogP) is 2.73. The van der Waals surface area contributed by atoms with Crippen LogP contribution in [0.3, 0.4) is 0 Å². The second-order valence-corrected chi connectivity index (χ2v) is 6.28. The molecule has 5 nitrogen and oxygen atoms in total. The number of amides is 1. The molecule has 6 heteroatoms. The Morgan fingerprint density at radius 2 is 2.19 bits per heavy atom. The van der Waals surface area contributed by atoms with Gasteiger partial charge in [-0.05, 0) is 38.0 Å². The average Bonchev–Trinajstić information content (AvgIpc) is 3.14. The highest BCUT2D eigenvalue weighted by molar-refractivity contribution is 7.22. The van der Waals surface area contributed by atoms with Gasteiger partial charge in [-0.25, -0.2) is 4.98 Å². The molecule has 1 amide bonds. The van der Waals surface area contributed by atoms with Crippen molar-refractivity contribution >= 4 is 32.6 Å². The zero-order valence-electron chi connectivity index (χ0n) is 12.3. The topological polar surface area (TPSA) is 54.5 Å². The van der Waals surface area contributed by atoms with Gasteiger partial charge in [0, 0.05) is 13.1 Å². The van der Waals surface area contributed by atoms with Crippen LogP contribution in [0.1, 0.15) is 19.8 Å². The van der Waals surface area contributed by atoms with Crippen molar-refractivity contribution in [3.8, 4) is 5.75 Å². The van der Waals surface area contributed by atoms with E-state index in [1.165, 1.54) is 0 Å². The highest BCUT2D eigenvalue weighted by atomic mass is 32.1. The standard InChI is InChI=1S/C15H19N3O2S/c1-10(14(19)18-7-3-4-8-18)16-15-17-12-6-5-11(20-2)9-13(12)21-15/h5-6,9-10H,3-4,7-8H2,1-2H3,(H,16,17). The molecule has 0 radical (unpaired) electrons. The Morgan fingerprint density at radius 1 is 1.43 bits per heavy atom. The molecule has 21 heavy (non-hydrogen) atoms. The van der Waals surface area contributed by atoms with Crippen molar-refractivity contribution in [2.75, 3.05) is 25.5 Å². The first-order valence-electron chi connectivity index (χ1n) is 7.17. The van der Waals surface area contributed by atoms with Gasteiger partial charge in [-0.3, -0.25) is 4.79 Å². The first-order valence-corrected chi connectivity index (χ1v) is 7.99. The number of nitrogens with one attached hydrogen (secondary N) is 1. The van der Waals surface area contributed by atoms with E-state index in [0.717, 1.165) is 47.0 Å². The van der Waals surface area contributed by atoms with Crippen molar-refractivity contribution in [1.29, 1.82) is 0 Å². The van der Waals surface area contributed by atoms with Gasteiger partial charge in [0.2, 0.25) is 5.91 Å². The highest BCUT2D eigenvalue weighted by Crippen LogP contribution is 2.29. The van der Waals surface area contributed by atoms with Crippen molar-refractivity contribution in [3.05, 3.63) is 18.2 Å². The third kappa shape index (κ3) is 2.95. The van der Waals surface area contributed by atoms with E-state index in [1.54, 1.807) is 18.4 Å².